The molecule has 1 aliphatic heterocycles. The molecular weight excluding hydrogens is 434 g/mol. The van der Waals surface area contributed by atoms with Crippen LogP contribution in [-0.4, -0.2) is 45.4 Å². The molecule has 1 aliphatic rings. The Morgan fingerprint density at radius 3 is 2.21 bits per heavy atom. The Morgan fingerprint density at radius 1 is 1.00 bits per heavy atom. The third kappa shape index (κ3) is 4.87. The highest BCUT2D eigenvalue weighted by atomic mass is 79.9. The van der Waals surface area contributed by atoms with Crippen molar-refractivity contribution in [3.05, 3.63) is 59.7 Å². The zero-order valence-electron chi connectivity index (χ0n) is 17.2. The molecule has 0 radical (unpaired) electrons. The van der Waals surface area contributed by atoms with Gasteiger partial charge in [-0.05, 0) is 30.7 Å². The molecule has 1 saturated heterocycles. The summed E-state index contributed by atoms with van der Waals surface area (Å²) in [5.41, 5.74) is 1.20. The van der Waals surface area contributed by atoms with Crippen molar-refractivity contribution < 1.29 is 40.9 Å². The summed E-state index contributed by atoms with van der Waals surface area (Å²) in [5.74, 6) is 1.43. The van der Waals surface area contributed by atoms with Crippen molar-refractivity contribution in [2.75, 3.05) is 33.9 Å². The molecule has 0 saturated carbocycles. The Balaban J connectivity index is 0.00000300. The average molecular weight is 462 g/mol. The van der Waals surface area contributed by atoms with Crippen molar-refractivity contribution in [2.24, 2.45) is 0 Å². The van der Waals surface area contributed by atoms with Gasteiger partial charge in [-0.2, -0.15) is 0 Å². The van der Waals surface area contributed by atoms with Crippen LogP contribution in [0.1, 0.15) is 35.7 Å². The summed E-state index contributed by atoms with van der Waals surface area (Å²) >= 11 is 0. The van der Waals surface area contributed by atoms with Crippen LogP contribution in [0.2, 0.25) is 0 Å². The smallest absolute Gasteiger partial charge is 0.220 e. The molecule has 0 atom stereocenters. The lowest BCUT2D eigenvalue weighted by molar-refractivity contribution is -0.897. The predicted molar refractivity (Wildman–Crippen MR) is 107 cm³/mol. The lowest BCUT2D eigenvalue weighted by Gasteiger charge is -2.38. The fourth-order valence-corrected chi connectivity index (χ4v) is 4.16. The minimum absolute atomic E-state index is 0. The number of Topliss-reactive ketones (excluding diaryl/α,β-unsaturated/α-hetero) is 2. The third-order valence-corrected chi connectivity index (χ3v) is 5.93. The first-order valence-corrected chi connectivity index (χ1v) is 9.65. The Morgan fingerprint density at radius 2 is 1.66 bits per heavy atom. The second-order valence-electron chi connectivity index (χ2n) is 7.42. The highest BCUT2D eigenvalue weighted by Gasteiger charge is 2.42. The Kier molecular flexibility index (Phi) is 7.99. The van der Waals surface area contributed by atoms with E-state index in [2.05, 4.69) is 0 Å². The fraction of sp³-hybridized carbons (Fsp3) is 0.391. The first-order valence-electron chi connectivity index (χ1n) is 9.65. The van der Waals surface area contributed by atoms with Crippen LogP contribution in [-0.2, 0) is 10.2 Å². The molecule has 0 spiro atoms. The highest BCUT2D eigenvalue weighted by molar-refractivity contribution is 5.99. The van der Waals surface area contributed by atoms with E-state index < -0.39 is 5.41 Å². The summed E-state index contributed by atoms with van der Waals surface area (Å²) in [4.78, 5) is 26.6. The molecule has 0 bridgehead atoms. The summed E-state index contributed by atoms with van der Waals surface area (Å²) < 4.78 is 10.6. The lowest BCUT2D eigenvalue weighted by atomic mass is 9.70. The number of ether oxygens (including phenoxy) is 2. The number of ketones is 2. The number of carbonyl (C=O) groups excluding carboxylic acids is 2. The van der Waals surface area contributed by atoms with Crippen LogP contribution < -0.4 is 31.4 Å². The molecule has 1 fully saturated rings. The van der Waals surface area contributed by atoms with E-state index in [-0.39, 0.29) is 28.5 Å². The van der Waals surface area contributed by atoms with Gasteiger partial charge in [0.1, 0.15) is 23.8 Å². The van der Waals surface area contributed by atoms with Gasteiger partial charge in [0.2, 0.25) is 5.78 Å². The van der Waals surface area contributed by atoms with E-state index in [9.17, 15) is 9.59 Å². The van der Waals surface area contributed by atoms with E-state index in [1.165, 1.54) is 4.90 Å². The van der Waals surface area contributed by atoms with Crippen molar-refractivity contribution in [1.29, 1.82) is 0 Å². The van der Waals surface area contributed by atoms with E-state index in [0.717, 1.165) is 31.5 Å². The molecule has 0 unspecified atom stereocenters. The van der Waals surface area contributed by atoms with Gasteiger partial charge >= 0.3 is 0 Å². The minimum Gasteiger partial charge on any atom is -1.00 e. The van der Waals surface area contributed by atoms with Crippen LogP contribution in [0.25, 0.3) is 0 Å². The van der Waals surface area contributed by atoms with Gasteiger partial charge in [-0.1, -0.05) is 30.3 Å². The molecule has 0 amide bonds. The Labute approximate surface area is 182 Å². The maximum absolute atomic E-state index is 12.9. The van der Waals surface area contributed by atoms with Crippen molar-refractivity contribution in [2.45, 2.75) is 25.2 Å². The van der Waals surface area contributed by atoms with Gasteiger partial charge in [0.05, 0.1) is 38.3 Å². The van der Waals surface area contributed by atoms with Crippen LogP contribution >= 0.6 is 0 Å². The Hall–Kier alpha value is -2.18. The van der Waals surface area contributed by atoms with Gasteiger partial charge in [0, 0.05) is 12.8 Å². The normalized spacial score (nSPS) is 21.0. The molecular formula is C23H28BrNO4. The van der Waals surface area contributed by atoms with Crippen molar-refractivity contribution in [1.82, 2.24) is 0 Å². The molecule has 6 heteroatoms. The van der Waals surface area contributed by atoms with Crippen molar-refractivity contribution >= 4 is 11.6 Å². The summed E-state index contributed by atoms with van der Waals surface area (Å²) in [6, 6.07) is 15.3. The zero-order valence-corrected chi connectivity index (χ0v) is 18.8. The maximum Gasteiger partial charge on any atom is 0.220 e. The van der Waals surface area contributed by atoms with E-state index in [0.29, 0.717) is 23.6 Å². The number of nitrogens with one attached hydrogen (secondary N) is 1. The van der Waals surface area contributed by atoms with Gasteiger partial charge in [-0.3, -0.25) is 9.59 Å². The summed E-state index contributed by atoms with van der Waals surface area (Å²) in [6.45, 7) is 3.63. The summed E-state index contributed by atoms with van der Waals surface area (Å²) in [5, 5.41) is 0. The van der Waals surface area contributed by atoms with Crippen LogP contribution in [0.15, 0.2) is 48.5 Å². The third-order valence-electron chi connectivity index (χ3n) is 5.93. The molecule has 0 aromatic heterocycles. The van der Waals surface area contributed by atoms with E-state index >= 15 is 0 Å². The SMILES string of the molecule is COc1ccc(OC)c(C(=O)C[NH+]2CCC(C(C)=O)(c3ccccc3)CC2)c1.[Br-]. The molecule has 156 valence electrons. The van der Waals surface area contributed by atoms with Crippen LogP contribution in [0.3, 0.4) is 0 Å². The fourth-order valence-electron chi connectivity index (χ4n) is 4.16. The van der Waals surface area contributed by atoms with E-state index in [1.807, 2.05) is 30.3 Å². The number of piperidine rings is 1. The molecule has 1 N–H and O–H groups in total. The standard InChI is InChI=1S/C23H27NO4.BrH/c1-17(25)23(18-7-5-4-6-8-18)11-13-24(14-12-23)16-21(26)20-15-19(27-2)9-10-22(20)28-3;/h4-10,15H,11-14,16H2,1-3H3;1H. The number of halogens is 1. The molecule has 5 nitrogen and oxygen atoms in total. The van der Waals surface area contributed by atoms with Gasteiger partial charge < -0.3 is 31.4 Å². The second-order valence-corrected chi connectivity index (χ2v) is 7.42. The number of quaternary nitrogens is 1. The van der Waals surface area contributed by atoms with Crippen molar-refractivity contribution in [3.8, 4) is 11.5 Å². The first kappa shape index (κ1) is 23.1. The van der Waals surface area contributed by atoms with Crippen molar-refractivity contribution in [3.63, 3.8) is 0 Å². The summed E-state index contributed by atoms with van der Waals surface area (Å²) in [6.07, 6.45) is 1.51. The topological polar surface area (TPSA) is 57.0 Å². The maximum atomic E-state index is 12.9. The average Bonchev–Trinajstić information content (AvgIpc) is 2.74. The monoisotopic (exact) mass is 461 g/mol. The van der Waals surface area contributed by atoms with E-state index in [1.54, 1.807) is 39.3 Å². The predicted octanol–water partition coefficient (Wildman–Crippen LogP) is -0.904. The number of hydrogen-bond donors (Lipinski definition) is 1. The number of methoxy groups -OCH3 is 2. The van der Waals surface area contributed by atoms with E-state index in [4.69, 9.17) is 9.47 Å². The minimum atomic E-state index is -0.429. The molecule has 29 heavy (non-hydrogen) atoms. The van der Waals surface area contributed by atoms with Gasteiger partial charge in [0.25, 0.3) is 0 Å². The van der Waals surface area contributed by atoms with Crippen LogP contribution in [0, 0.1) is 0 Å². The largest absolute Gasteiger partial charge is 1.00 e. The van der Waals surface area contributed by atoms with Gasteiger partial charge in [-0.15, -0.1) is 0 Å². The lowest BCUT2D eigenvalue weighted by Crippen LogP contribution is -3.14. The second kappa shape index (κ2) is 10.0. The number of benzene rings is 2. The summed E-state index contributed by atoms with van der Waals surface area (Å²) in [7, 11) is 3.14. The highest BCUT2D eigenvalue weighted by Crippen LogP contribution is 2.33. The first-order chi connectivity index (χ1) is 13.5. The van der Waals surface area contributed by atoms with Gasteiger partial charge in [-0.25, -0.2) is 0 Å². The zero-order chi connectivity index (χ0) is 20.1. The molecule has 2 aromatic rings. The molecule has 1 heterocycles. The Bertz CT molecular complexity index is 845. The number of likely N-dealkylation sites (tertiary alicyclic amines) is 1. The quantitative estimate of drug-likeness (QED) is 0.542. The number of rotatable bonds is 7. The van der Waals surface area contributed by atoms with Gasteiger partial charge in [0.15, 0.2) is 0 Å². The van der Waals surface area contributed by atoms with Crippen LogP contribution in [0.4, 0.5) is 0 Å². The van der Waals surface area contributed by atoms with Crippen LogP contribution in [0.5, 0.6) is 11.5 Å². The number of hydrogen-bond acceptors (Lipinski definition) is 4. The molecule has 0 aliphatic carbocycles. The molecule has 2 aromatic carbocycles. The number of carbonyl (C=O) groups is 2. The molecule has 3 rings (SSSR count).